The maximum absolute atomic E-state index is 12.5. The lowest BCUT2D eigenvalue weighted by Gasteiger charge is -2.14. The monoisotopic (exact) mass is 396 g/mol. The van der Waals surface area contributed by atoms with Crippen LogP contribution >= 0.6 is 0 Å². The molecule has 1 atom stereocenters. The van der Waals surface area contributed by atoms with Crippen molar-refractivity contribution in [3.8, 4) is 5.75 Å². The van der Waals surface area contributed by atoms with E-state index in [4.69, 9.17) is 4.74 Å². The van der Waals surface area contributed by atoms with Crippen LogP contribution < -0.4 is 15.4 Å². The second kappa shape index (κ2) is 9.98. The standard InChI is InChI=1S/C20H23F3N2O3/c1-2-3-12-28-17-10-8-16(9-11-17)25-19(27)24-13-18(26)14-4-6-15(7-5-14)20(21,22)23/h4-11,18,26H,2-3,12-13H2,1H3,(H2,24,25,27). The summed E-state index contributed by atoms with van der Waals surface area (Å²) < 4.78 is 43.2. The molecule has 5 nitrogen and oxygen atoms in total. The first-order valence-electron chi connectivity index (χ1n) is 8.92. The number of hydrogen-bond donors (Lipinski definition) is 3. The second-order valence-electron chi connectivity index (χ2n) is 6.20. The highest BCUT2D eigenvalue weighted by Crippen LogP contribution is 2.29. The van der Waals surface area contributed by atoms with Crippen molar-refractivity contribution in [1.82, 2.24) is 5.32 Å². The third kappa shape index (κ3) is 6.77. The Kier molecular flexibility index (Phi) is 7.69. The Morgan fingerprint density at radius 2 is 1.75 bits per heavy atom. The zero-order valence-corrected chi connectivity index (χ0v) is 15.4. The Morgan fingerprint density at radius 1 is 1.11 bits per heavy atom. The molecule has 0 aliphatic carbocycles. The summed E-state index contributed by atoms with van der Waals surface area (Å²) in [6, 6.07) is 10.5. The second-order valence-corrected chi connectivity index (χ2v) is 6.20. The van der Waals surface area contributed by atoms with Gasteiger partial charge in [-0.15, -0.1) is 0 Å². The number of amides is 2. The van der Waals surface area contributed by atoms with Gasteiger partial charge in [-0.1, -0.05) is 25.5 Å². The number of nitrogens with one attached hydrogen (secondary N) is 2. The van der Waals surface area contributed by atoms with E-state index in [1.165, 1.54) is 12.1 Å². The molecule has 0 aromatic heterocycles. The van der Waals surface area contributed by atoms with E-state index in [-0.39, 0.29) is 12.1 Å². The lowest BCUT2D eigenvalue weighted by Crippen LogP contribution is -2.32. The first-order valence-corrected chi connectivity index (χ1v) is 8.92. The van der Waals surface area contributed by atoms with Crippen LogP contribution in [0.4, 0.5) is 23.7 Å². The number of aliphatic hydroxyl groups excluding tert-OH is 1. The fourth-order valence-electron chi connectivity index (χ4n) is 2.35. The summed E-state index contributed by atoms with van der Waals surface area (Å²) in [5, 5.41) is 15.1. The number of rotatable bonds is 8. The quantitative estimate of drug-likeness (QED) is 0.565. The van der Waals surface area contributed by atoms with Gasteiger partial charge in [0.25, 0.3) is 0 Å². The van der Waals surface area contributed by atoms with Crippen LogP contribution in [0, 0.1) is 0 Å². The average Bonchev–Trinajstić information content (AvgIpc) is 2.67. The van der Waals surface area contributed by atoms with E-state index in [1.807, 2.05) is 0 Å². The molecule has 8 heteroatoms. The molecule has 0 aliphatic heterocycles. The Labute approximate surface area is 161 Å². The number of alkyl halides is 3. The van der Waals surface area contributed by atoms with Crippen molar-refractivity contribution in [2.75, 3.05) is 18.5 Å². The van der Waals surface area contributed by atoms with Crippen LogP contribution in [0.2, 0.25) is 0 Å². The fraction of sp³-hybridized carbons (Fsp3) is 0.350. The van der Waals surface area contributed by atoms with Crippen molar-refractivity contribution >= 4 is 11.7 Å². The Balaban J connectivity index is 1.80. The third-order valence-corrected chi connectivity index (χ3v) is 3.96. The molecular formula is C20H23F3N2O3. The number of unbranched alkanes of at least 4 members (excludes halogenated alkanes) is 1. The van der Waals surface area contributed by atoms with Crippen molar-refractivity contribution < 1.29 is 27.8 Å². The van der Waals surface area contributed by atoms with Crippen LogP contribution in [-0.2, 0) is 6.18 Å². The highest BCUT2D eigenvalue weighted by Gasteiger charge is 2.30. The SMILES string of the molecule is CCCCOc1ccc(NC(=O)NCC(O)c2ccc(C(F)(F)F)cc2)cc1. The molecule has 0 bridgehead atoms. The zero-order valence-electron chi connectivity index (χ0n) is 15.4. The van der Waals surface area contributed by atoms with Crippen LogP contribution in [0.1, 0.15) is 37.0 Å². The van der Waals surface area contributed by atoms with Gasteiger partial charge in [0.05, 0.1) is 18.3 Å². The van der Waals surface area contributed by atoms with E-state index in [1.54, 1.807) is 24.3 Å². The van der Waals surface area contributed by atoms with Crippen LogP contribution in [0.3, 0.4) is 0 Å². The van der Waals surface area contributed by atoms with Gasteiger partial charge in [0.2, 0.25) is 0 Å². The molecule has 28 heavy (non-hydrogen) atoms. The largest absolute Gasteiger partial charge is 0.494 e. The molecule has 2 aromatic carbocycles. The molecule has 0 heterocycles. The van der Waals surface area contributed by atoms with Crippen molar-refractivity contribution in [2.45, 2.75) is 32.0 Å². The van der Waals surface area contributed by atoms with E-state index in [0.717, 1.165) is 25.0 Å². The number of anilines is 1. The molecule has 2 aromatic rings. The summed E-state index contributed by atoms with van der Waals surface area (Å²) in [5.74, 6) is 0.706. The number of benzene rings is 2. The molecule has 2 amide bonds. The minimum atomic E-state index is -4.43. The number of hydrogen-bond acceptors (Lipinski definition) is 3. The normalized spacial score (nSPS) is 12.3. The summed E-state index contributed by atoms with van der Waals surface area (Å²) >= 11 is 0. The van der Waals surface area contributed by atoms with E-state index in [2.05, 4.69) is 17.6 Å². The van der Waals surface area contributed by atoms with Crippen LogP contribution in [0.5, 0.6) is 5.75 Å². The van der Waals surface area contributed by atoms with Crippen molar-refractivity contribution in [2.24, 2.45) is 0 Å². The van der Waals surface area contributed by atoms with Gasteiger partial charge in [0.15, 0.2) is 0 Å². The molecule has 0 aliphatic rings. The van der Waals surface area contributed by atoms with Crippen molar-refractivity contribution in [1.29, 1.82) is 0 Å². The van der Waals surface area contributed by atoms with E-state index >= 15 is 0 Å². The number of halogens is 3. The van der Waals surface area contributed by atoms with Gasteiger partial charge in [0.1, 0.15) is 5.75 Å². The van der Waals surface area contributed by atoms with Crippen molar-refractivity contribution in [3.63, 3.8) is 0 Å². The fourth-order valence-corrected chi connectivity index (χ4v) is 2.35. The van der Waals surface area contributed by atoms with Gasteiger partial charge < -0.3 is 20.5 Å². The van der Waals surface area contributed by atoms with Gasteiger partial charge in [-0.3, -0.25) is 0 Å². The van der Waals surface area contributed by atoms with Gasteiger partial charge >= 0.3 is 12.2 Å². The number of carbonyl (C=O) groups excluding carboxylic acids is 1. The zero-order chi connectivity index (χ0) is 20.6. The highest BCUT2D eigenvalue weighted by molar-refractivity contribution is 5.89. The first-order chi connectivity index (χ1) is 13.3. The molecule has 0 radical (unpaired) electrons. The molecule has 0 spiro atoms. The van der Waals surface area contributed by atoms with Crippen LogP contribution in [-0.4, -0.2) is 24.3 Å². The number of aliphatic hydroxyl groups is 1. The minimum absolute atomic E-state index is 0.143. The molecule has 3 N–H and O–H groups in total. The van der Waals surface area contributed by atoms with Gasteiger partial charge in [-0.2, -0.15) is 13.2 Å². The van der Waals surface area contributed by atoms with E-state index in [9.17, 15) is 23.1 Å². The predicted octanol–water partition coefficient (Wildman–Crippen LogP) is 4.74. The summed E-state index contributed by atoms with van der Waals surface area (Å²) in [7, 11) is 0. The molecule has 0 saturated carbocycles. The molecule has 152 valence electrons. The molecular weight excluding hydrogens is 373 g/mol. The smallest absolute Gasteiger partial charge is 0.416 e. The molecule has 0 saturated heterocycles. The molecule has 1 unspecified atom stereocenters. The predicted molar refractivity (Wildman–Crippen MR) is 100 cm³/mol. The Morgan fingerprint density at radius 3 is 2.32 bits per heavy atom. The maximum atomic E-state index is 12.5. The number of urea groups is 1. The highest BCUT2D eigenvalue weighted by atomic mass is 19.4. The van der Waals surface area contributed by atoms with Gasteiger partial charge in [0, 0.05) is 12.2 Å². The maximum Gasteiger partial charge on any atom is 0.416 e. The summed E-state index contributed by atoms with van der Waals surface area (Å²) in [6.07, 6.45) is -3.55. The minimum Gasteiger partial charge on any atom is -0.494 e. The average molecular weight is 396 g/mol. The number of carbonyl (C=O) groups is 1. The first kappa shape index (κ1) is 21.6. The summed E-state index contributed by atoms with van der Waals surface area (Å²) in [5.41, 5.74) is 0.0301. The van der Waals surface area contributed by atoms with E-state index in [0.29, 0.717) is 18.0 Å². The van der Waals surface area contributed by atoms with Crippen LogP contribution in [0.15, 0.2) is 48.5 Å². The van der Waals surface area contributed by atoms with Crippen molar-refractivity contribution in [3.05, 3.63) is 59.7 Å². The van der Waals surface area contributed by atoms with E-state index < -0.39 is 23.9 Å². The van der Waals surface area contributed by atoms with Crippen LogP contribution in [0.25, 0.3) is 0 Å². The number of ether oxygens (including phenoxy) is 1. The lowest BCUT2D eigenvalue weighted by atomic mass is 10.1. The summed E-state index contributed by atoms with van der Waals surface area (Å²) in [6.45, 7) is 2.56. The Hall–Kier alpha value is -2.74. The Bertz CT molecular complexity index is 747. The van der Waals surface area contributed by atoms with Gasteiger partial charge in [-0.05, 0) is 48.4 Å². The lowest BCUT2D eigenvalue weighted by molar-refractivity contribution is -0.137. The molecule has 2 rings (SSSR count). The summed E-state index contributed by atoms with van der Waals surface area (Å²) in [4.78, 5) is 11.9. The third-order valence-electron chi connectivity index (χ3n) is 3.96. The topological polar surface area (TPSA) is 70.6 Å². The van der Waals surface area contributed by atoms with Gasteiger partial charge in [-0.25, -0.2) is 4.79 Å². The molecule has 0 fully saturated rings.